The zero-order valence-electron chi connectivity index (χ0n) is 22.8. The molecule has 2 fully saturated rings. The Morgan fingerprint density at radius 3 is 2.54 bits per heavy atom. The number of carbonyl (C=O) groups is 2. The number of likely N-dealkylation sites (tertiary alicyclic amines) is 1. The summed E-state index contributed by atoms with van der Waals surface area (Å²) in [6.07, 6.45) is -0.0591. The van der Waals surface area contributed by atoms with E-state index in [0.717, 1.165) is 18.6 Å². The van der Waals surface area contributed by atoms with E-state index in [2.05, 4.69) is 10.2 Å². The lowest BCUT2D eigenvalue weighted by atomic mass is 9.65. The summed E-state index contributed by atoms with van der Waals surface area (Å²) in [5, 5.41) is 8.77. The van der Waals surface area contributed by atoms with Gasteiger partial charge in [0.15, 0.2) is 0 Å². The molecule has 3 aromatic rings. The number of nitrogens with zero attached hydrogens (tertiary/aromatic N) is 5. The number of nitrogens with two attached hydrogens (primary N) is 2. The highest BCUT2D eigenvalue weighted by Crippen LogP contribution is 2.55. The van der Waals surface area contributed by atoms with Gasteiger partial charge in [-0.2, -0.15) is 23.4 Å². The largest absolute Gasteiger partial charge is 0.444 e. The monoisotopic (exact) mass is 577 g/mol. The third-order valence-corrected chi connectivity index (χ3v) is 7.55. The molecule has 1 aliphatic heterocycles. The summed E-state index contributed by atoms with van der Waals surface area (Å²) in [7, 11) is 0. The molecule has 0 atom stereocenters. The van der Waals surface area contributed by atoms with Crippen LogP contribution in [0.15, 0.2) is 30.6 Å². The number of amides is 2. The van der Waals surface area contributed by atoms with E-state index in [4.69, 9.17) is 16.2 Å². The summed E-state index contributed by atoms with van der Waals surface area (Å²) >= 11 is 0. The summed E-state index contributed by atoms with van der Waals surface area (Å²) in [4.78, 5) is 26.6. The first-order valence-corrected chi connectivity index (χ1v) is 13.1. The average molecular weight is 578 g/mol. The molecule has 2 aliphatic rings. The van der Waals surface area contributed by atoms with E-state index in [1.54, 1.807) is 9.58 Å². The Morgan fingerprint density at radius 1 is 1.20 bits per heavy atom. The van der Waals surface area contributed by atoms with Crippen molar-refractivity contribution in [1.29, 1.82) is 0 Å². The van der Waals surface area contributed by atoms with Crippen molar-refractivity contribution in [1.82, 2.24) is 24.5 Å². The van der Waals surface area contributed by atoms with E-state index in [1.807, 2.05) is 20.8 Å². The highest BCUT2D eigenvalue weighted by molar-refractivity contribution is 6.03. The quantitative estimate of drug-likeness (QED) is 0.426. The first-order valence-electron chi connectivity index (χ1n) is 13.1. The van der Waals surface area contributed by atoms with E-state index in [1.165, 1.54) is 23.1 Å². The van der Waals surface area contributed by atoms with Crippen molar-refractivity contribution in [2.24, 2.45) is 11.1 Å². The smallest absolute Gasteiger partial charge is 0.419 e. The normalized spacial score (nSPS) is 20.9. The maximum Gasteiger partial charge on any atom is 0.419 e. The zero-order valence-corrected chi connectivity index (χ0v) is 22.8. The number of halogens is 4. The standard InChI is InChI=1S/C27H31F4N7O3/c1-25(2,3)41-24(40)36-7-6-26(14-36)9-17(10-26)38-22(32)20(23(33)39)21(35-38)16-11-34-37(13-16)12-15-4-5-19(28)18(8-15)27(29,30)31/h4-5,8,11,13,17H,6-7,9-10,12,14,32H2,1-3H3,(H2,33,39). The summed E-state index contributed by atoms with van der Waals surface area (Å²) in [6, 6.07) is 2.62. The van der Waals surface area contributed by atoms with Crippen LogP contribution in [0.2, 0.25) is 0 Å². The van der Waals surface area contributed by atoms with Crippen LogP contribution < -0.4 is 11.5 Å². The first-order chi connectivity index (χ1) is 19.1. The molecule has 14 heteroatoms. The fraction of sp³-hybridized carbons (Fsp3) is 0.481. The molecular weight excluding hydrogens is 546 g/mol. The lowest BCUT2D eigenvalue weighted by Gasteiger charge is -2.45. The predicted octanol–water partition coefficient (Wildman–Crippen LogP) is 4.60. The van der Waals surface area contributed by atoms with Crippen molar-refractivity contribution in [3.63, 3.8) is 0 Å². The number of alkyl halides is 3. The van der Waals surface area contributed by atoms with Crippen LogP contribution in [0.1, 0.15) is 67.6 Å². The Balaban J connectivity index is 1.33. The van der Waals surface area contributed by atoms with Crippen LogP contribution in [0.25, 0.3) is 11.3 Å². The summed E-state index contributed by atoms with van der Waals surface area (Å²) < 4.78 is 61.4. The SMILES string of the molecule is CC(C)(C)OC(=O)N1CCC2(CC(n3nc(-c4cnn(Cc5ccc(F)c(C(F)(F)F)c5)c4)c(C(N)=O)c3N)C2)C1. The van der Waals surface area contributed by atoms with E-state index in [-0.39, 0.29) is 46.7 Å². The maximum absolute atomic E-state index is 13.7. The lowest BCUT2D eigenvalue weighted by molar-refractivity contribution is -0.140. The summed E-state index contributed by atoms with van der Waals surface area (Å²) in [5.41, 5.74) is 10.7. The van der Waals surface area contributed by atoms with Crippen LogP contribution >= 0.6 is 0 Å². The van der Waals surface area contributed by atoms with Gasteiger partial charge in [0.2, 0.25) is 0 Å². The molecule has 1 spiro atoms. The second kappa shape index (κ2) is 9.77. The minimum absolute atomic E-state index is 0.0217. The number of nitrogen functional groups attached to an aromatic ring is 1. The van der Waals surface area contributed by atoms with Gasteiger partial charge >= 0.3 is 12.3 Å². The third-order valence-electron chi connectivity index (χ3n) is 7.55. The van der Waals surface area contributed by atoms with Crippen molar-refractivity contribution < 1.29 is 31.9 Å². The zero-order chi connectivity index (χ0) is 29.9. The van der Waals surface area contributed by atoms with E-state index in [9.17, 15) is 27.2 Å². The molecule has 4 N–H and O–H groups in total. The number of ether oxygens (including phenoxy) is 1. The number of hydrogen-bond donors (Lipinski definition) is 2. The second-order valence-electron chi connectivity index (χ2n) is 11.9. The predicted molar refractivity (Wildman–Crippen MR) is 140 cm³/mol. The van der Waals surface area contributed by atoms with Crippen LogP contribution in [-0.4, -0.2) is 55.2 Å². The van der Waals surface area contributed by atoms with Crippen molar-refractivity contribution in [3.8, 4) is 11.3 Å². The van der Waals surface area contributed by atoms with Gasteiger partial charge < -0.3 is 21.1 Å². The van der Waals surface area contributed by atoms with Crippen molar-refractivity contribution >= 4 is 17.8 Å². The number of hydrogen-bond acceptors (Lipinski definition) is 6. The van der Waals surface area contributed by atoms with E-state index >= 15 is 0 Å². The number of benzene rings is 1. The van der Waals surface area contributed by atoms with Gasteiger partial charge in [-0.25, -0.2) is 13.9 Å². The number of primary amides is 1. The van der Waals surface area contributed by atoms with Gasteiger partial charge in [-0.3, -0.25) is 9.48 Å². The highest BCUT2D eigenvalue weighted by Gasteiger charge is 2.51. The molecule has 10 nitrogen and oxygen atoms in total. The molecular formula is C27H31F4N7O3. The minimum Gasteiger partial charge on any atom is -0.444 e. The van der Waals surface area contributed by atoms with Gasteiger partial charge in [-0.1, -0.05) is 6.07 Å². The van der Waals surface area contributed by atoms with Crippen molar-refractivity contribution in [2.45, 2.75) is 64.4 Å². The maximum atomic E-state index is 13.7. The molecule has 2 amide bonds. The number of carbonyl (C=O) groups excluding carboxylic acids is 2. The molecule has 41 heavy (non-hydrogen) atoms. The van der Waals surface area contributed by atoms with Crippen LogP contribution in [0.5, 0.6) is 0 Å². The fourth-order valence-electron chi connectivity index (χ4n) is 5.68. The van der Waals surface area contributed by atoms with Gasteiger partial charge in [-0.05, 0) is 63.1 Å². The Hall–Kier alpha value is -4.10. The van der Waals surface area contributed by atoms with Gasteiger partial charge in [0.25, 0.3) is 5.91 Å². The molecule has 1 saturated carbocycles. The minimum atomic E-state index is -4.83. The van der Waals surface area contributed by atoms with Crippen LogP contribution in [-0.2, 0) is 17.5 Å². The Morgan fingerprint density at radius 2 is 1.90 bits per heavy atom. The van der Waals surface area contributed by atoms with Crippen molar-refractivity contribution in [2.75, 3.05) is 18.8 Å². The first kappa shape index (κ1) is 28.4. The van der Waals surface area contributed by atoms with E-state index in [0.29, 0.717) is 31.5 Å². The highest BCUT2D eigenvalue weighted by atomic mass is 19.4. The van der Waals surface area contributed by atoms with Gasteiger partial charge in [-0.15, -0.1) is 0 Å². The van der Waals surface area contributed by atoms with Crippen LogP contribution in [0.3, 0.4) is 0 Å². The fourth-order valence-corrected chi connectivity index (χ4v) is 5.68. The molecule has 2 aromatic heterocycles. The number of rotatable bonds is 5. The Labute approximate surface area is 233 Å². The molecule has 220 valence electrons. The van der Waals surface area contributed by atoms with Crippen LogP contribution in [0, 0.1) is 11.2 Å². The number of anilines is 1. The van der Waals surface area contributed by atoms with E-state index < -0.39 is 29.1 Å². The second-order valence-corrected chi connectivity index (χ2v) is 11.9. The molecule has 1 saturated heterocycles. The van der Waals surface area contributed by atoms with Crippen LogP contribution in [0.4, 0.5) is 28.2 Å². The molecule has 5 rings (SSSR count). The molecule has 0 unspecified atom stereocenters. The average Bonchev–Trinajstić information content (AvgIpc) is 3.54. The third kappa shape index (κ3) is 5.59. The van der Waals surface area contributed by atoms with Gasteiger partial charge in [0.05, 0.1) is 24.3 Å². The van der Waals surface area contributed by atoms with Gasteiger partial charge in [0, 0.05) is 24.8 Å². The lowest BCUT2D eigenvalue weighted by Crippen LogP contribution is -2.43. The Bertz CT molecular complexity index is 1500. The molecule has 3 heterocycles. The summed E-state index contributed by atoms with van der Waals surface area (Å²) in [6.45, 7) is 6.53. The summed E-state index contributed by atoms with van der Waals surface area (Å²) in [5.74, 6) is -2.03. The Kier molecular flexibility index (Phi) is 6.77. The van der Waals surface area contributed by atoms with Gasteiger partial charge in [0.1, 0.15) is 28.5 Å². The molecule has 0 bridgehead atoms. The topological polar surface area (TPSA) is 134 Å². The molecule has 1 aliphatic carbocycles. The number of aromatic nitrogens is 4. The molecule has 1 aromatic carbocycles. The van der Waals surface area contributed by atoms with Crippen molar-refractivity contribution in [3.05, 3.63) is 53.1 Å². The molecule has 0 radical (unpaired) electrons.